The number of amides is 2. The molecule has 3 rings (SSSR count). The first-order chi connectivity index (χ1) is 10.2. The summed E-state index contributed by atoms with van der Waals surface area (Å²) in [5.74, 6) is 0. The molecule has 4 heteroatoms. The average Bonchev–Trinajstić information content (AvgIpc) is 3.12. The maximum atomic E-state index is 12.3. The third-order valence-electron chi connectivity index (χ3n) is 5.00. The zero-order chi connectivity index (χ0) is 14.9. The van der Waals surface area contributed by atoms with Gasteiger partial charge in [0.25, 0.3) is 0 Å². The van der Waals surface area contributed by atoms with Gasteiger partial charge in [-0.05, 0) is 43.7 Å². The summed E-state index contributed by atoms with van der Waals surface area (Å²) in [6.07, 6.45) is 4.18. The molecule has 1 aromatic carbocycles. The molecular formula is C17H24N2O2. The molecule has 1 aliphatic carbocycles. The molecule has 2 amide bonds. The smallest absolute Gasteiger partial charge is 0.317 e. The topological polar surface area (TPSA) is 52.6 Å². The standard InChI is InChI=1S/C17H24N2O2/c1-13-5-2-3-7-15(13)17(8-9-17)12-18-16(21)19-10-4-6-14(19)11-20/h2-3,5,7,14,20H,4,6,8-12H2,1H3,(H,18,21). The summed E-state index contributed by atoms with van der Waals surface area (Å²) in [7, 11) is 0. The summed E-state index contributed by atoms with van der Waals surface area (Å²) in [6, 6.07) is 8.43. The highest BCUT2D eigenvalue weighted by molar-refractivity contribution is 5.75. The summed E-state index contributed by atoms with van der Waals surface area (Å²) < 4.78 is 0. The Morgan fingerprint density at radius 1 is 1.43 bits per heavy atom. The van der Waals surface area contributed by atoms with Gasteiger partial charge in [0, 0.05) is 18.5 Å². The first-order valence-corrected chi connectivity index (χ1v) is 7.88. The first-order valence-electron chi connectivity index (χ1n) is 7.88. The number of hydrogen-bond donors (Lipinski definition) is 2. The number of aliphatic hydroxyl groups excluding tert-OH is 1. The second-order valence-electron chi connectivity index (χ2n) is 6.43. The van der Waals surface area contributed by atoms with E-state index in [0.29, 0.717) is 6.54 Å². The molecule has 1 aliphatic heterocycles. The van der Waals surface area contributed by atoms with Crippen LogP contribution in [-0.4, -0.2) is 41.8 Å². The summed E-state index contributed by atoms with van der Waals surface area (Å²) in [5, 5.41) is 12.4. The Balaban J connectivity index is 1.63. The Labute approximate surface area is 126 Å². The molecule has 1 unspecified atom stereocenters. The van der Waals surface area contributed by atoms with Crippen LogP contribution in [0.25, 0.3) is 0 Å². The van der Waals surface area contributed by atoms with Gasteiger partial charge in [-0.25, -0.2) is 4.79 Å². The lowest BCUT2D eigenvalue weighted by Gasteiger charge is -2.25. The minimum Gasteiger partial charge on any atom is -0.394 e. The summed E-state index contributed by atoms with van der Waals surface area (Å²) >= 11 is 0. The van der Waals surface area contributed by atoms with Crippen LogP contribution in [-0.2, 0) is 5.41 Å². The van der Waals surface area contributed by atoms with Crippen LogP contribution in [0.1, 0.15) is 36.8 Å². The van der Waals surface area contributed by atoms with Crippen molar-refractivity contribution in [1.82, 2.24) is 10.2 Å². The second-order valence-corrected chi connectivity index (χ2v) is 6.43. The predicted molar refractivity (Wildman–Crippen MR) is 82.3 cm³/mol. The Morgan fingerprint density at radius 3 is 2.86 bits per heavy atom. The van der Waals surface area contributed by atoms with Crippen molar-refractivity contribution in [3.63, 3.8) is 0 Å². The van der Waals surface area contributed by atoms with Gasteiger partial charge in [0.2, 0.25) is 0 Å². The number of likely N-dealkylation sites (tertiary alicyclic amines) is 1. The average molecular weight is 288 g/mol. The molecule has 0 radical (unpaired) electrons. The second kappa shape index (κ2) is 5.68. The highest BCUT2D eigenvalue weighted by atomic mass is 16.3. The van der Waals surface area contributed by atoms with Gasteiger partial charge in [0.05, 0.1) is 12.6 Å². The maximum Gasteiger partial charge on any atom is 0.317 e. The molecule has 1 heterocycles. The molecule has 2 fully saturated rings. The van der Waals surface area contributed by atoms with E-state index in [1.807, 2.05) is 0 Å². The van der Waals surface area contributed by atoms with Crippen molar-refractivity contribution in [1.29, 1.82) is 0 Å². The van der Waals surface area contributed by atoms with Gasteiger partial charge in [-0.2, -0.15) is 0 Å². The Hall–Kier alpha value is -1.55. The fourth-order valence-electron chi connectivity index (χ4n) is 3.50. The van der Waals surface area contributed by atoms with E-state index in [4.69, 9.17) is 0 Å². The van der Waals surface area contributed by atoms with Crippen LogP contribution >= 0.6 is 0 Å². The maximum absolute atomic E-state index is 12.3. The molecule has 1 saturated carbocycles. The molecule has 21 heavy (non-hydrogen) atoms. The molecular weight excluding hydrogens is 264 g/mol. The molecule has 0 bridgehead atoms. The largest absolute Gasteiger partial charge is 0.394 e. The molecule has 4 nitrogen and oxygen atoms in total. The van der Waals surface area contributed by atoms with Gasteiger partial charge in [-0.15, -0.1) is 0 Å². The lowest BCUT2D eigenvalue weighted by Crippen LogP contribution is -2.46. The molecule has 2 N–H and O–H groups in total. The third kappa shape index (κ3) is 2.77. The number of benzene rings is 1. The van der Waals surface area contributed by atoms with Crippen LogP contribution in [0.2, 0.25) is 0 Å². The van der Waals surface area contributed by atoms with Gasteiger partial charge in [0.1, 0.15) is 0 Å². The van der Waals surface area contributed by atoms with Crippen LogP contribution in [0.4, 0.5) is 4.79 Å². The summed E-state index contributed by atoms with van der Waals surface area (Å²) in [5.41, 5.74) is 2.80. The molecule has 1 aromatic rings. The van der Waals surface area contributed by atoms with Crippen molar-refractivity contribution in [2.24, 2.45) is 0 Å². The van der Waals surface area contributed by atoms with Gasteiger partial charge >= 0.3 is 6.03 Å². The Bertz CT molecular complexity index is 525. The highest BCUT2D eigenvalue weighted by Gasteiger charge is 2.45. The number of urea groups is 1. The predicted octanol–water partition coefficient (Wildman–Crippen LogP) is 2.19. The van der Waals surface area contributed by atoms with E-state index in [1.165, 1.54) is 11.1 Å². The summed E-state index contributed by atoms with van der Waals surface area (Å²) in [6.45, 7) is 3.66. The minimum atomic E-state index is -0.0218. The fourth-order valence-corrected chi connectivity index (χ4v) is 3.50. The van der Waals surface area contributed by atoms with Gasteiger partial charge in [-0.1, -0.05) is 24.3 Å². The van der Waals surface area contributed by atoms with E-state index in [9.17, 15) is 9.90 Å². The van der Waals surface area contributed by atoms with Crippen molar-refractivity contribution in [3.05, 3.63) is 35.4 Å². The van der Waals surface area contributed by atoms with E-state index in [-0.39, 0.29) is 24.1 Å². The zero-order valence-corrected chi connectivity index (χ0v) is 12.6. The Morgan fingerprint density at radius 2 is 2.19 bits per heavy atom. The molecule has 1 atom stereocenters. The fraction of sp³-hybridized carbons (Fsp3) is 0.588. The molecule has 0 spiro atoms. The van der Waals surface area contributed by atoms with Crippen LogP contribution in [0.3, 0.4) is 0 Å². The van der Waals surface area contributed by atoms with E-state index < -0.39 is 0 Å². The lowest BCUT2D eigenvalue weighted by atomic mass is 9.92. The quantitative estimate of drug-likeness (QED) is 0.892. The number of nitrogens with one attached hydrogen (secondary N) is 1. The number of nitrogens with zero attached hydrogens (tertiary/aromatic N) is 1. The zero-order valence-electron chi connectivity index (χ0n) is 12.6. The van der Waals surface area contributed by atoms with E-state index in [1.54, 1.807) is 4.90 Å². The Kier molecular flexibility index (Phi) is 3.89. The van der Waals surface area contributed by atoms with Gasteiger partial charge in [-0.3, -0.25) is 0 Å². The summed E-state index contributed by atoms with van der Waals surface area (Å²) in [4.78, 5) is 14.1. The van der Waals surface area contributed by atoms with Crippen molar-refractivity contribution < 1.29 is 9.90 Å². The number of rotatable bonds is 4. The van der Waals surface area contributed by atoms with Crippen molar-refractivity contribution in [2.75, 3.05) is 19.7 Å². The number of aryl methyl sites for hydroxylation is 1. The van der Waals surface area contributed by atoms with E-state index >= 15 is 0 Å². The molecule has 2 aliphatic rings. The lowest BCUT2D eigenvalue weighted by molar-refractivity contribution is 0.156. The van der Waals surface area contributed by atoms with Gasteiger partial charge < -0.3 is 15.3 Å². The van der Waals surface area contributed by atoms with Crippen molar-refractivity contribution >= 4 is 6.03 Å². The number of aliphatic hydroxyl groups is 1. The van der Waals surface area contributed by atoms with E-state index in [0.717, 1.165) is 32.2 Å². The SMILES string of the molecule is Cc1ccccc1C1(CNC(=O)N2CCCC2CO)CC1. The van der Waals surface area contributed by atoms with E-state index in [2.05, 4.69) is 36.5 Å². The van der Waals surface area contributed by atoms with Crippen molar-refractivity contribution in [3.8, 4) is 0 Å². The molecule has 114 valence electrons. The number of carbonyl (C=O) groups is 1. The van der Waals surface area contributed by atoms with Gasteiger partial charge in [0.15, 0.2) is 0 Å². The van der Waals surface area contributed by atoms with Crippen LogP contribution in [0.5, 0.6) is 0 Å². The van der Waals surface area contributed by atoms with Crippen LogP contribution in [0.15, 0.2) is 24.3 Å². The molecule has 0 aromatic heterocycles. The highest BCUT2D eigenvalue weighted by Crippen LogP contribution is 2.48. The van der Waals surface area contributed by atoms with Crippen molar-refractivity contribution in [2.45, 2.75) is 44.1 Å². The monoisotopic (exact) mass is 288 g/mol. The van der Waals surface area contributed by atoms with Crippen LogP contribution < -0.4 is 5.32 Å². The number of hydrogen-bond acceptors (Lipinski definition) is 2. The first kappa shape index (κ1) is 14.4. The van der Waals surface area contributed by atoms with Crippen LogP contribution in [0, 0.1) is 6.92 Å². The number of carbonyl (C=O) groups excluding carboxylic acids is 1. The normalized spacial score (nSPS) is 23.1. The third-order valence-corrected chi connectivity index (χ3v) is 5.00. The minimum absolute atomic E-state index is 0.00128. The molecule has 1 saturated heterocycles.